The second-order valence-electron chi connectivity index (χ2n) is 6.77. The van der Waals surface area contributed by atoms with Crippen molar-refractivity contribution in [3.63, 3.8) is 0 Å². The van der Waals surface area contributed by atoms with Gasteiger partial charge in [-0.1, -0.05) is 0 Å². The minimum Gasteiger partial charge on any atom is -0.790 e. The third kappa shape index (κ3) is 4.82. The zero-order valence-corrected chi connectivity index (χ0v) is 17.1. The van der Waals surface area contributed by atoms with Crippen LogP contribution in [0.5, 0.6) is 0 Å². The molecule has 0 aromatic heterocycles. The predicted molar refractivity (Wildman–Crippen MR) is 75.8 cm³/mol. The first-order valence-corrected chi connectivity index (χ1v) is 11.3. The molecule has 1 heterocycles. The average molecular weight is 440 g/mol. The Labute approximate surface area is 149 Å². The second kappa shape index (κ2) is 6.67. The van der Waals surface area contributed by atoms with Crippen molar-refractivity contribution >= 4 is 23.5 Å². The molecular formula is C10H19O13P3-4. The Bertz CT molecular complexity index is 694. The Morgan fingerprint density at radius 2 is 1.31 bits per heavy atom. The van der Waals surface area contributed by atoms with Crippen LogP contribution in [0.4, 0.5) is 0 Å². The number of rotatable bonds is 7. The molecule has 3 unspecified atom stereocenters. The smallest absolute Gasteiger partial charge is 0.278 e. The molecule has 2 N–H and O–H groups in total. The van der Waals surface area contributed by atoms with E-state index in [1.165, 1.54) is 27.7 Å². The van der Waals surface area contributed by atoms with Gasteiger partial charge in [-0.25, -0.2) is 4.31 Å². The van der Waals surface area contributed by atoms with Gasteiger partial charge in [0.05, 0.1) is 20.0 Å². The summed E-state index contributed by atoms with van der Waals surface area (Å²) in [6, 6.07) is 0. The summed E-state index contributed by atoms with van der Waals surface area (Å²) in [6.07, 6.45) is 0. The number of hydrogen-bond acceptors (Lipinski definition) is 13. The van der Waals surface area contributed by atoms with Gasteiger partial charge in [0, 0.05) is 0 Å². The molecule has 0 aliphatic carbocycles. The normalized spacial score (nSPS) is 39.3. The molecule has 16 heteroatoms. The van der Waals surface area contributed by atoms with E-state index in [0.717, 1.165) is 6.92 Å². The fraction of sp³-hybridized carbons (Fsp3) is 1.00. The Balaban J connectivity index is 2.96. The van der Waals surface area contributed by atoms with Gasteiger partial charge in [0.15, 0.2) is 0 Å². The van der Waals surface area contributed by atoms with Crippen molar-refractivity contribution in [2.45, 2.75) is 57.0 Å². The standard InChI is InChI=1S/C10H23O13P3/c1-7(2)9(4,11)10(5,12)8(3,21-7)6-20-25(16,17)23-26(18,19)22-24(13,14)15/h11-12H,6H2,1-5H3,(H,16,17)(H,18,19)(H2,13,14,15)/p-4/t8-,9?,10+/m1/s1. The van der Waals surface area contributed by atoms with Gasteiger partial charge in [-0.05, 0) is 34.6 Å². The van der Waals surface area contributed by atoms with Crippen LogP contribution in [0.1, 0.15) is 34.6 Å². The van der Waals surface area contributed by atoms with E-state index in [0.29, 0.717) is 0 Å². The SMILES string of the molecule is CC1(C)O[C@](C)(COP(=O)([O-])OP(=O)([O-])OP(=O)([O-])[O-])[C@](C)(O)C1(C)O. The van der Waals surface area contributed by atoms with E-state index in [1.54, 1.807) is 0 Å². The Morgan fingerprint density at radius 3 is 1.65 bits per heavy atom. The third-order valence-electron chi connectivity index (χ3n) is 4.53. The maximum Gasteiger partial charge on any atom is 0.278 e. The van der Waals surface area contributed by atoms with Gasteiger partial charge in [0.2, 0.25) is 0 Å². The molecule has 1 saturated heterocycles. The molecule has 0 aromatic rings. The molecule has 26 heavy (non-hydrogen) atoms. The topological polar surface area (TPSA) is 221 Å². The summed E-state index contributed by atoms with van der Waals surface area (Å²) in [7, 11) is -17.9. The van der Waals surface area contributed by atoms with E-state index < -0.39 is 52.5 Å². The molecule has 1 aliphatic rings. The molecular weight excluding hydrogens is 421 g/mol. The van der Waals surface area contributed by atoms with Gasteiger partial charge >= 0.3 is 0 Å². The molecule has 13 nitrogen and oxygen atoms in total. The largest absolute Gasteiger partial charge is 0.790 e. The number of phosphoric ester groups is 1. The molecule has 0 spiro atoms. The lowest BCUT2D eigenvalue weighted by Gasteiger charge is -2.42. The molecule has 156 valence electrons. The predicted octanol–water partition coefficient (Wildman–Crippen LogP) is -2.13. The second-order valence-corrected chi connectivity index (χ2v) is 11.0. The fourth-order valence-corrected chi connectivity index (χ4v) is 5.46. The quantitative estimate of drug-likeness (QED) is 0.404. The molecule has 0 bridgehead atoms. The Kier molecular flexibility index (Phi) is 6.24. The van der Waals surface area contributed by atoms with Crippen LogP contribution in [0.3, 0.4) is 0 Å². The van der Waals surface area contributed by atoms with Crippen LogP contribution in [0.15, 0.2) is 0 Å². The van der Waals surface area contributed by atoms with Crippen molar-refractivity contribution in [1.29, 1.82) is 0 Å². The van der Waals surface area contributed by atoms with E-state index in [9.17, 15) is 43.5 Å². The molecule has 1 aliphatic heterocycles. The summed E-state index contributed by atoms with van der Waals surface area (Å²) in [5.74, 6) is 0. The van der Waals surface area contributed by atoms with Crippen LogP contribution >= 0.6 is 23.5 Å². The van der Waals surface area contributed by atoms with Crippen LogP contribution in [-0.4, -0.2) is 39.2 Å². The number of aliphatic hydroxyl groups is 2. The minimum absolute atomic E-state index is 1.02. The van der Waals surface area contributed by atoms with Crippen molar-refractivity contribution in [2.75, 3.05) is 6.61 Å². The van der Waals surface area contributed by atoms with E-state index in [4.69, 9.17) is 4.74 Å². The zero-order valence-electron chi connectivity index (χ0n) is 14.4. The molecule has 0 saturated carbocycles. The highest BCUT2D eigenvalue weighted by atomic mass is 31.3. The Morgan fingerprint density at radius 1 is 0.846 bits per heavy atom. The van der Waals surface area contributed by atoms with E-state index in [2.05, 4.69) is 13.1 Å². The first kappa shape index (κ1) is 24.3. The van der Waals surface area contributed by atoms with Crippen LogP contribution in [-0.2, 0) is 31.6 Å². The molecule has 0 radical (unpaired) electrons. The van der Waals surface area contributed by atoms with Crippen molar-refractivity contribution < 1.29 is 61.4 Å². The highest BCUT2D eigenvalue weighted by Crippen LogP contribution is 2.61. The summed E-state index contributed by atoms with van der Waals surface area (Å²) in [5, 5.41) is 21.1. The van der Waals surface area contributed by atoms with Crippen LogP contribution in [0, 0.1) is 0 Å². The number of phosphoric acid groups is 3. The summed E-state index contributed by atoms with van der Waals surface area (Å²) >= 11 is 0. The minimum atomic E-state index is -6.10. The average Bonchev–Trinajstić information content (AvgIpc) is 2.39. The lowest BCUT2D eigenvalue weighted by atomic mass is 9.71. The summed E-state index contributed by atoms with van der Waals surface area (Å²) < 4.78 is 49.3. The summed E-state index contributed by atoms with van der Waals surface area (Å²) in [6.45, 7) is 5.39. The summed E-state index contributed by atoms with van der Waals surface area (Å²) in [4.78, 5) is 43.2. The molecule has 1 rings (SSSR count). The molecule has 1 fully saturated rings. The van der Waals surface area contributed by atoms with Crippen LogP contribution < -0.4 is 19.6 Å². The highest BCUT2D eigenvalue weighted by molar-refractivity contribution is 7.64. The zero-order chi connectivity index (χ0) is 21.0. The van der Waals surface area contributed by atoms with E-state index in [1.807, 2.05) is 0 Å². The molecule has 5 atom stereocenters. The van der Waals surface area contributed by atoms with E-state index >= 15 is 0 Å². The molecule has 0 aromatic carbocycles. The Hall–Kier alpha value is 0.290. The van der Waals surface area contributed by atoms with Gasteiger partial charge in [-0.2, -0.15) is 0 Å². The van der Waals surface area contributed by atoms with Crippen molar-refractivity contribution in [2.24, 2.45) is 0 Å². The van der Waals surface area contributed by atoms with Gasteiger partial charge in [-0.3, -0.25) is 13.4 Å². The van der Waals surface area contributed by atoms with Crippen molar-refractivity contribution in [3.8, 4) is 0 Å². The van der Waals surface area contributed by atoms with Crippen LogP contribution in [0.25, 0.3) is 0 Å². The van der Waals surface area contributed by atoms with Gasteiger partial charge in [-0.15, -0.1) is 0 Å². The maximum absolute atomic E-state index is 11.6. The third-order valence-corrected chi connectivity index (χ3v) is 8.17. The highest BCUT2D eigenvalue weighted by Gasteiger charge is 2.70. The monoisotopic (exact) mass is 440 g/mol. The van der Waals surface area contributed by atoms with Gasteiger partial charge in [0.1, 0.15) is 16.8 Å². The number of ether oxygens (including phenoxy) is 1. The van der Waals surface area contributed by atoms with Crippen molar-refractivity contribution in [1.82, 2.24) is 0 Å². The van der Waals surface area contributed by atoms with Crippen LogP contribution in [0.2, 0.25) is 0 Å². The van der Waals surface area contributed by atoms with Crippen molar-refractivity contribution in [3.05, 3.63) is 0 Å². The summed E-state index contributed by atoms with van der Waals surface area (Å²) in [5.41, 5.74) is -7.16. The van der Waals surface area contributed by atoms with Gasteiger partial charge < -0.3 is 43.6 Å². The lowest BCUT2D eigenvalue weighted by molar-refractivity contribution is -0.339. The lowest BCUT2D eigenvalue weighted by Crippen LogP contribution is -2.62. The number of hydrogen-bond donors (Lipinski definition) is 2. The first-order chi connectivity index (χ1) is 11.1. The molecule has 0 amide bonds. The maximum atomic E-state index is 11.6. The van der Waals surface area contributed by atoms with Gasteiger partial charge in [0.25, 0.3) is 15.6 Å². The first-order valence-electron chi connectivity index (χ1n) is 6.94. The fourth-order valence-electron chi connectivity index (χ4n) is 2.52. The van der Waals surface area contributed by atoms with E-state index in [-0.39, 0.29) is 0 Å².